The van der Waals surface area contributed by atoms with Gasteiger partial charge in [0.1, 0.15) is 30.5 Å². The van der Waals surface area contributed by atoms with Crippen LogP contribution in [0.5, 0.6) is 11.5 Å². The van der Waals surface area contributed by atoms with Crippen molar-refractivity contribution in [1.82, 2.24) is 0 Å². The number of ether oxygens (including phenoxy) is 7. The van der Waals surface area contributed by atoms with Crippen molar-refractivity contribution in [2.24, 2.45) is 28.1 Å². The largest absolute Gasteiger partial charge is 0.507 e. The van der Waals surface area contributed by atoms with Crippen LogP contribution in [-0.4, -0.2) is 92.7 Å². The topological polar surface area (TPSA) is 173 Å². The first-order valence-electron chi connectivity index (χ1n) is 25.9. The van der Waals surface area contributed by atoms with Gasteiger partial charge in [0.15, 0.2) is 12.6 Å². The Kier molecular flexibility index (Phi) is 24.7. The smallest absolute Gasteiger partial charge is 0.308 e. The fourth-order valence-corrected chi connectivity index (χ4v) is 7.62. The van der Waals surface area contributed by atoms with Gasteiger partial charge in [0.05, 0.1) is 44.4 Å². The molecule has 2 aliphatic rings. The second-order valence-electron chi connectivity index (χ2n) is 23.6. The average Bonchev–Trinajstić information content (AvgIpc) is 3.30. The predicted octanol–water partition coefficient (Wildman–Crippen LogP) is 11.7. The lowest BCUT2D eigenvalue weighted by Crippen LogP contribution is -2.57. The highest BCUT2D eigenvalue weighted by molar-refractivity contribution is 5.77. The van der Waals surface area contributed by atoms with Crippen molar-refractivity contribution >= 4 is 23.7 Å². The normalized spacial score (nSPS) is 19.3. The summed E-state index contributed by atoms with van der Waals surface area (Å²) in [7, 11) is 0. The molecule has 2 aromatic rings. The molecule has 2 N–H and O–H groups in total. The van der Waals surface area contributed by atoms with Gasteiger partial charge in [-0.3, -0.25) is 19.2 Å². The Morgan fingerprint density at radius 3 is 1.28 bits per heavy atom. The third-order valence-electron chi connectivity index (χ3n) is 13.3. The molecule has 13 nitrogen and oxygen atoms in total. The number of rotatable bonds is 19. The van der Waals surface area contributed by atoms with Gasteiger partial charge in [-0.25, -0.2) is 0 Å². The zero-order chi connectivity index (χ0) is 54.1. The molecular formula is C58H94O13. The first-order chi connectivity index (χ1) is 32.8. The van der Waals surface area contributed by atoms with Crippen molar-refractivity contribution < 1.29 is 62.5 Å². The van der Waals surface area contributed by atoms with Crippen LogP contribution in [0.15, 0.2) is 24.3 Å². The van der Waals surface area contributed by atoms with Crippen LogP contribution < -0.4 is 0 Å². The van der Waals surface area contributed by atoms with Crippen LogP contribution in [0, 0.1) is 41.9 Å². The van der Waals surface area contributed by atoms with Gasteiger partial charge in [0, 0.05) is 29.6 Å². The van der Waals surface area contributed by atoms with Gasteiger partial charge in [-0.05, 0) is 97.1 Å². The van der Waals surface area contributed by atoms with Crippen LogP contribution in [0.2, 0.25) is 0 Å². The minimum atomic E-state index is -0.591. The van der Waals surface area contributed by atoms with E-state index in [2.05, 4.69) is 48.5 Å². The van der Waals surface area contributed by atoms with Crippen LogP contribution in [0.1, 0.15) is 183 Å². The highest BCUT2D eigenvalue weighted by atomic mass is 16.7. The van der Waals surface area contributed by atoms with Gasteiger partial charge in [0.25, 0.3) is 0 Å². The van der Waals surface area contributed by atoms with Crippen molar-refractivity contribution in [1.29, 1.82) is 0 Å². The molecule has 4 rings (SSSR count). The van der Waals surface area contributed by atoms with Gasteiger partial charge in [-0.15, -0.1) is 0 Å². The second kappa shape index (κ2) is 27.9. The Morgan fingerprint density at radius 1 is 0.620 bits per heavy atom. The lowest BCUT2D eigenvalue weighted by Gasteiger charge is -2.48. The van der Waals surface area contributed by atoms with E-state index >= 15 is 0 Å². The molecule has 0 saturated carbocycles. The van der Waals surface area contributed by atoms with Crippen molar-refractivity contribution in [2.75, 3.05) is 46.2 Å². The number of hydrogen-bond acceptors (Lipinski definition) is 13. The SMILES string of the molecule is CCC(C)C(C)=O.CCCCOC(=O)C(C)CC.Cc1cc(CCC(=O)OCC(C)(C)C2OCC3(CO2)COC(C(C)(C)COC(=O)CCc2cc(C)c(O)c(C(C)(C)C)c2)OC3)cc(C(C)(C)C)c1O. The maximum absolute atomic E-state index is 12.7. The summed E-state index contributed by atoms with van der Waals surface area (Å²) in [6.07, 6.45) is 4.22. The summed E-state index contributed by atoms with van der Waals surface area (Å²) < 4.78 is 41.1. The van der Waals surface area contributed by atoms with Crippen molar-refractivity contribution in [3.63, 3.8) is 0 Å². The monoisotopic (exact) mass is 999 g/mol. The summed E-state index contributed by atoms with van der Waals surface area (Å²) in [4.78, 5) is 46.9. The second-order valence-corrected chi connectivity index (χ2v) is 23.6. The van der Waals surface area contributed by atoms with E-state index in [4.69, 9.17) is 33.2 Å². The molecule has 1 spiro atoms. The number of benzene rings is 2. The molecule has 0 aliphatic carbocycles. The fourth-order valence-electron chi connectivity index (χ4n) is 7.62. The molecule has 2 atom stereocenters. The number of carbonyl (C=O) groups excluding carboxylic acids is 4. The van der Waals surface area contributed by atoms with Crippen LogP contribution >= 0.6 is 0 Å². The number of ketones is 1. The van der Waals surface area contributed by atoms with Gasteiger partial charge in [-0.1, -0.05) is 135 Å². The van der Waals surface area contributed by atoms with Gasteiger partial charge in [-0.2, -0.15) is 0 Å². The summed E-state index contributed by atoms with van der Waals surface area (Å²) in [6.45, 7) is 37.7. The molecule has 0 aromatic heterocycles. The van der Waals surface area contributed by atoms with Gasteiger partial charge < -0.3 is 43.4 Å². The van der Waals surface area contributed by atoms with Crippen LogP contribution in [-0.2, 0) is 76.0 Å². The number of phenols is 2. The summed E-state index contributed by atoms with van der Waals surface area (Å²) >= 11 is 0. The van der Waals surface area contributed by atoms with E-state index in [1.54, 1.807) is 6.92 Å². The summed E-state index contributed by atoms with van der Waals surface area (Å²) in [5, 5.41) is 21.0. The fraction of sp³-hybridized carbons (Fsp3) is 0.724. The number of aromatic hydroxyl groups is 2. The Balaban J connectivity index is 0.000000809. The molecule has 13 heteroatoms. The van der Waals surface area contributed by atoms with Crippen LogP contribution in [0.25, 0.3) is 0 Å². The van der Waals surface area contributed by atoms with Gasteiger partial charge in [0.2, 0.25) is 0 Å². The minimum Gasteiger partial charge on any atom is -0.507 e. The number of hydrogen-bond donors (Lipinski definition) is 2. The minimum absolute atomic E-state index is 0.0547. The van der Waals surface area contributed by atoms with Crippen molar-refractivity contribution in [3.8, 4) is 11.5 Å². The first-order valence-corrected chi connectivity index (χ1v) is 25.9. The third-order valence-corrected chi connectivity index (χ3v) is 13.3. The van der Waals surface area contributed by atoms with E-state index < -0.39 is 28.8 Å². The highest BCUT2D eigenvalue weighted by Crippen LogP contribution is 2.40. The van der Waals surface area contributed by atoms with Gasteiger partial charge >= 0.3 is 17.9 Å². The van der Waals surface area contributed by atoms with E-state index in [-0.39, 0.29) is 66.6 Å². The Morgan fingerprint density at radius 2 is 0.986 bits per heavy atom. The molecule has 2 aromatic carbocycles. The molecule has 0 amide bonds. The van der Waals surface area contributed by atoms with Crippen LogP contribution in [0.4, 0.5) is 0 Å². The lowest BCUT2D eigenvalue weighted by atomic mass is 9.83. The number of unbranched alkanes of at least 4 members (excludes halogenated alkanes) is 1. The van der Waals surface area contributed by atoms with Crippen LogP contribution in [0.3, 0.4) is 0 Å². The van der Waals surface area contributed by atoms with Crippen molar-refractivity contribution in [3.05, 3.63) is 57.6 Å². The summed E-state index contributed by atoms with van der Waals surface area (Å²) in [5.74, 6) is 0.567. The molecule has 2 heterocycles. The van der Waals surface area contributed by atoms with E-state index in [1.165, 1.54) is 0 Å². The van der Waals surface area contributed by atoms with E-state index in [9.17, 15) is 29.4 Å². The molecule has 71 heavy (non-hydrogen) atoms. The molecule has 404 valence electrons. The number of Topliss-reactive ketones (excluding diaryl/α,β-unsaturated/α-hetero) is 1. The standard InChI is InChI=1S/C43H64O10.C9H18O2.C6H12O/c1-27-17-29(19-31(35(27)46)39(3,4)5)13-15-33(44)48-21-41(9,10)37-50-23-43(24-51-37)25-52-38(53-26-43)42(11,12)22-49-34(45)16-14-30-18-28(2)36(47)32(20-30)40(6,7)8;1-4-6-7-11-9(10)8(3)5-2;1-4-5(2)6(3)7/h17-20,37-38,46-47H,13-16,21-26H2,1-12H3;8H,4-7H2,1-3H3;5H,4H2,1-3H3. The van der Waals surface area contributed by atoms with E-state index in [0.29, 0.717) is 63.2 Å². The third kappa shape index (κ3) is 20.4. The lowest BCUT2D eigenvalue weighted by molar-refractivity contribution is -0.337. The molecule has 2 fully saturated rings. The molecule has 0 bridgehead atoms. The molecule has 2 saturated heterocycles. The maximum atomic E-state index is 12.7. The maximum Gasteiger partial charge on any atom is 0.308 e. The molecular weight excluding hydrogens is 905 g/mol. The van der Waals surface area contributed by atoms with E-state index in [0.717, 1.165) is 59.1 Å². The quantitative estimate of drug-likeness (QED) is 0.0774. The predicted molar refractivity (Wildman–Crippen MR) is 278 cm³/mol. The number of aryl methyl sites for hydroxylation is 4. The number of esters is 3. The zero-order valence-electron chi connectivity index (χ0n) is 47.1. The Hall–Kier alpha value is -4.04. The summed E-state index contributed by atoms with van der Waals surface area (Å²) in [6, 6.07) is 7.79. The average molecular weight is 999 g/mol. The molecule has 2 unspecified atom stereocenters. The number of phenolic OH excluding ortho intramolecular Hbond substituents is 2. The molecule has 2 aliphatic heterocycles. The molecule has 0 radical (unpaired) electrons. The number of carbonyl (C=O) groups is 4. The Labute approximate surface area is 427 Å². The highest BCUT2D eigenvalue weighted by Gasteiger charge is 2.48. The zero-order valence-corrected chi connectivity index (χ0v) is 47.1. The first kappa shape index (κ1) is 63.1. The summed E-state index contributed by atoms with van der Waals surface area (Å²) in [5.41, 5.74) is 3.20. The van der Waals surface area contributed by atoms with Crippen molar-refractivity contribution in [2.45, 2.75) is 199 Å². The van der Waals surface area contributed by atoms with E-state index in [1.807, 2.05) is 93.5 Å². The Bertz CT molecular complexity index is 1880.